The fourth-order valence-electron chi connectivity index (χ4n) is 1.58. The number of hydrogen-bond acceptors (Lipinski definition) is 3. The third-order valence-electron chi connectivity index (χ3n) is 2.62. The number of nitrogens with two attached hydrogens (primary N) is 1. The number of carbonyl (C=O) groups is 1. The molecule has 3 N–H and O–H groups in total. The van der Waals surface area contributed by atoms with Crippen LogP contribution in [0.25, 0.3) is 0 Å². The molecule has 17 heavy (non-hydrogen) atoms. The Morgan fingerprint density at radius 2 is 2.00 bits per heavy atom. The highest BCUT2D eigenvalue weighted by atomic mass is 16.5. The van der Waals surface area contributed by atoms with Gasteiger partial charge in [0.1, 0.15) is 6.10 Å². The van der Waals surface area contributed by atoms with Gasteiger partial charge in [0, 0.05) is 19.2 Å². The third-order valence-corrected chi connectivity index (χ3v) is 2.62. The molecule has 2 unspecified atom stereocenters. The highest BCUT2D eigenvalue weighted by molar-refractivity contribution is 5.80. The molecule has 102 valence electrons. The van der Waals surface area contributed by atoms with Crippen LogP contribution in [0, 0.1) is 5.92 Å². The summed E-state index contributed by atoms with van der Waals surface area (Å²) in [6.07, 6.45) is 2.59. The maximum absolute atomic E-state index is 11.8. The predicted octanol–water partition coefficient (Wildman–Crippen LogP) is 1.68. The first-order valence-corrected chi connectivity index (χ1v) is 6.63. The molecule has 0 saturated heterocycles. The molecule has 0 radical (unpaired) electrons. The Morgan fingerprint density at radius 1 is 1.35 bits per heavy atom. The zero-order chi connectivity index (χ0) is 13.3. The molecule has 4 nitrogen and oxygen atoms in total. The monoisotopic (exact) mass is 244 g/mol. The fraction of sp³-hybridized carbons (Fsp3) is 0.923. The van der Waals surface area contributed by atoms with Crippen LogP contribution in [-0.4, -0.2) is 31.2 Å². The molecule has 0 saturated carbocycles. The number of unbranched alkanes of at least 4 members (excludes halogenated alkanes) is 1. The van der Waals surface area contributed by atoms with Gasteiger partial charge in [0.15, 0.2) is 0 Å². The summed E-state index contributed by atoms with van der Waals surface area (Å²) in [6.45, 7) is 9.25. The molecule has 0 heterocycles. The van der Waals surface area contributed by atoms with Gasteiger partial charge >= 0.3 is 0 Å². The van der Waals surface area contributed by atoms with Gasteiger partial charge in [-0.25, -0.2) is 0 Å². The zero-order valence-electron chi connectivity index (χ0n) is 11.7. The van der Waals surface area contributed by atoms with E-state index in [-0.39, 0.29) is 18.1 Å². The topological polar surface area (TPSA) is 64.3 Å². The molecule has 0 aliphatic rings. The van der Waals surface area contributed by atoms with E-state index in [0.717, 1.165) is 19.3 Å². The Bertz CT molecular complexity index is 208. The van der Waals surface area contributed by atoms with Crippen molar-refractivity contribution in [3.8, 4) is 0 Å². The van der Waals surface area contributed by atoms with E-state index in [0.29, 0.717) is 19.1 Å². The second kappa shape index (κ2) is 9.42. The van der Waals surface area contributed by atoms with Crippen molar-refractivity contribution < 1.29 is 9.53 Å². The number of hydrogen-bond donors (Lipinski definition) is 2. The summed E-state index contributed by atoms with van der Waals surface area (Å²) < 4.78 is 5.44. The Morgan fingerprint density at radius 3 is 2.47 bits per heavy atom. The van der Waals surface area contributed by atoms with E-state index in [9.17, 15) is 4.79 Å². The molecule has 0 rings (SSSR count). The summed E-state index contributed by atoms with van der Waals surface area (Å²) in [5.74, 6) is 0.470. The van der Waals surface area contributed by atoms with Crippen molar-refractivity contribution in [2.24, 2.45) is 11.7 Å². The maximum Gasteiger partial charge on any atom is 0.249 e. The van der Waals surface area contributed by atoms with Crippen molar-refractivity contribution >= 4 is 5.91 Å². The molecule has 0 aromatic carbocycles. The van der Waals surface area contributed by atoms with Crippen molar-refractivity contribution in [3.05, 3.63) is 0 Å². The largest absolute Gasteiger partial charge is 0.369 e. The van der Waals surface area contributed by atoms with Crippen LogP contribution < -0.4 is 11.1 Å². The van der Waals surface area contributed by atoms with E-state index in [4.69, 9.17) is 10.5 Å². The maximum atomic E-state index is 11.8. The molecule has 0 aliphatic heterocycles. The number of nitrogens with one attached hydrogen (secondary N) is 1. The Kier molecular flexibility index (Phi) is 9.09. The molecule has 1 amide bonds. The molecule has 2 atom stereocenters. The van der Waals surface area contributed by atoms with Crippen LogP contribution >= 0.6 is 0 Å². The van der Waals surface area contributed by atoms with E-state index < -0.39 is 0 Å². The standard InChI is InChI=1S/C13H28N2O2/c1-5-6-7-17-11(4)13(16)15-12(9-14)8-10(2)3/h10-12H,5-9,14H2,1-4H3,(H,15,16). The molecular formula is C13H28N2O2. The van der Waals surface area contributed by atoms with Crippen LogP contribution in [-0.2, 0) is 9.53 Å². The van der Waals surface area contributed by atoms with Crippen molar-refractivity contribution in [2.75, 3.05) is 13.2 Å². The first-order chi connectivity index (χ1) is 8.01. The zero-order valence-corrected chi connectivity index (χ0v) is 11.7. The van der Waals surface area contributed by atoms with Gasteiger partial charge in [-0.3, -0.25) is 4.79 Å². The summed E-state index contributed by atoms with van der Waals surface area (Å²) in [7, 11) is 0. The van der Waals surface area contributed by atoms with E-state index in [1.807, 2.05) is 0 Å². The van der Waals surface area contributed by atoms with E-state index in [1.54, 1.807) is 6.92 Å². The lowest BCUT2D eigenvalue weighted by atomic mass is 10.0. The highest BCUT2D eigenvalue weighted by Crippen LogP contribution is 2.04. The summed E-state index contributed by atoms with van der Waals surface area (Å²) in [5, 5.41) is 2.94. The van der Waals surface area contributed by atoms with Crippen LogP contribution in [0.1, 0.15) is 47.0 Å². The Labute approximate surface area is 105 Å². The van der Waals surface area contributed by atoms with Gasteiger partial charge in [0.2, 0.25) is 5.91 Å². The molecule has 0 fully saturated rings. The highest BCUT2D eigenvalue weighted by Gasteiger charge is 2.17. The van der Waals surface area contributed by atoms with Gasteiger partial charge in [-0.2, -0.15) is 0 Å². The summed E-state index contributed by atoms with van der Waals surface area (Å²) in [6, 6.07) is 0.0553. The molecule has 0 bridgehead atoms. The minimum atomic E-state index is -0.386. The SMILES string of the molecule is CCCCOC(C)C(=O)NC(CN)CC(C)C. The van der Waals surface area contributed by atoms with Crippen LogP contribution in [0.3, 0.4) is 0 Å². The number of rotatable bonds is 9. The first kappa shape index (κ1) is 16.4. The van der Waals surface area contributed by atoms with Crippen molar-refractivity contribution in [1.82, 2.24) is 5.32 Å². The summed E-state index contributed by atoms with van der Waals surface area (Å²) in [4.78, 5) is 11.8. The Hall–Kier alpha value is -0.610. The summed E-state index contributed by atoms with van der Waals surface area (Å²) >= 11 is 0. The molecule has 0 aromatic heterocycles. The lowest BCUT2D eigenvalue weighted by Gasteiger charge is -2.21. The van der Waals surface area contributed by atoms with Crippen LogP contribution in [0.4, 0.5) is 0 Å². The minimum Gasteiger partial charge on any atom is -0.369 e. The van der Waals surface area contributed by atoms with Gasteiger partial charge in [-0.1, -0.05) is 27.2 Å². The van der Waals surface area contributed by atoms with Crippen molar-refractivity contribution in [2.45, 2.75) is 59.1 Å². The second-order valence-corrected chi connectivity index (χ2v) is 4.94. The van der Waals surface area contributed by atoms with E-state index >= 15 is 0 Å². The molecule has 4 heteroatoms. The first-order valence-electron chi connectivity index (χ1n) is 6.63. The van der Waals surface area contributed by atoms with Gasteiger partial charge in [-0.05, 0) is 25.7 Å². The molecule has 0 spiro atoms. The lowest BCUT2D eigenvalue weighted by Crippen LogP contribution is -2.45. The number of ether oxygens (including phenoxy) is 1. The Balaban J connectivity index is 3.94. The van der Waals surface area contributed by atoms with Crippen molar-refractivity contribution in [3.63, 3.8) is 0 Å². The van der Waals surface area contributed by atoms with Crippen LogP contribution in [0.5, 0.6) is 0 Å². The van der Waals surface area contributed by atoms with Gasteiger partial charge in [0.25, 0.3) is 0 Å². The minimum absolute atomic E-state index is 0.0553. The van der Waals surface area contributed by atoms with E-state index in [2.05, 4.69) is 26.1 Å². The van der Waals surface area contributed by atoms with Crippen molar-refractivity contribution in [1.29, 1.82) is 0 Å². The second-order valence-electron chi connectivity index (χ2n) is 4.94. The smallest absolute Gasteiger partial charge is 0.249 e. The average molecular weight is 244 g/mol. The number of amides is 1. The van der Waals surface area contributed by atoms with Crippen LogP contribution in [0.15, 0.2) is 0 Å². The van der Waals surface area contributed by atoms with Gasteiger partial charge in [-0.15, -0.1) is 0 Å². The van der Waals surface area contributed by atoms with Gasteiger partial charge in [0.05, 0.1) is 0 Å². The predicted molar refractivity (Wildman–Crippen MR) is 70.8 cm³/mol. The fourth-order valence-corrected chi connectivity index (χ4v) is 1.58. The number of carbonyl (C=O) groups excluding carboxylic acids is 1. The van der Waals surface area contributed by atoms with E-state index in [1.165, 1.54) is 0 Å². The third kappa shape index (κ3) is 8.16. The molecule has 0 aromatic rings. The lowest BCUT2D eigenvalue weighted by molar-refractivity contribution is -0.132. The molecular weight excluding hydrogens is 216 g/mol. The summed E-state index contributed by atoms with van der Waals surface area (Å²) in [5.41, 5.74) is 5.64. The average Bonchev–Trinajstić information content (AvgIpc) is 2.27. The van der Waals surface area contributed by atoms with Crippen LogP contribution in [0.2, 0.25) is 0 Å². The molecule has 0 aliphatic carbocycles. The normalized spacial score (nSPS) is 14.7. The van der Waals surface area contributed by atoms with Gasteiger partial charge < -0.3 is 15.8 Å². The quantitative estimate of drug-likeness (QED) is 0.607.